The fraction of sp³-hybridized carbons (Fsp3) is 0.700. The van der Waals surface area contributed by atoms with E-state index in [4.69, 9.17) is 5.73 Å². The topological polar surface area (TPSA) is 46.3 Å². The van der Waals surface area contributed by atoms with Gasteiger partial charge in [0.05, 0.1) is 6.17 Å². The van der Waals surface area contributed by atoms with E-state index in [1.165, 1.54) is 0 Å². The molecule has 1 aliphatic rings. The van der Waals surface area contributed by atoms with Crippen molar-refractivity contribution < 1.29 is 4.79 Å². The van der Waals surface area contributed by atoms with Crippen LogP contribution in [-0.4, -0.2) is 30.4 Å². The van der Waals surface area contributed by atoms with Crippen LogP contribution in [0.15, 0.2) is 11.6 Å². The van der Waals surface area contributed by atoms with Gasteiger partial charge in [0, 0.05) is 18.5 Å². The summed E-state index contributed by atoms with van der Waals surface area (Å²) in [7, 11) is 1.96. The first-order valence-electron chi connectivity index (χ1n) is 4.83. The molecule has 1 aliphatic heterocycles. The van der Waals surface area contributed by atoms with E-state index in [0.717, 1.165) is 18.4 Å². The van der Waals surface area contributed by atoms with Gasteiger partial charge in [-0.1, -0.05) is 13.0 Å². The monoisotopic (exact) mass is 182 g/mol. The maximum Gasteiger partial charge on any atom is 0.159 e. The highest BCUT2D eigenvalue weighted by Gasteiger charge is 2.19. The Bertz CT molecular complexity index is 223. The van der Waals surface area contributed by atoms with Crippen molar-refractivity contribution in [1.82, 2.24) is 4.90 Å². The summed E-state index contributed by atoms with van der Waals surface area (Å²) in [5.74, 6) is 0.279. The molecule has 0 aliphatic carbocycles. The Kier molecular flexibility index (Phi) is 3.63. The Labute approximate surface area is 79.6 Å². The van der Waals surface area contributed by atoms with Gasteiger partial charge in [-0.3, -0.25) is 9.69 Å². The average Bonchev–Trinajstić information content (AvgIpc) is 2.10. The fourth-order valence-electron chi connectivity index (χ4n) is 1.48. The summed E-state index contributed by atoms with van der Waals surface area (Å²) >= 11 is 0. The van der Waals surface area contributed by atoms with Crippen LogP contribution in [0.4, 0.5) is 0 Å². The van der Waals surface area contributed by atoms with Crippen molar-refractivity contribution >= 4 is 5.78 Å². The van der Waals surface area contributed by atoms with Crippen molar-refractivity contribution in [1.29, 1.82) is 0 Å². The number of rotatable bonds is 3. The van der Waals surface area contributed by atoms with Crippen LogP contribution in [0.1, 0.15) is 26.2 Å². The molecule has 1 rings (SSSR count). The van der Waals surface area contributed by atoms with Crippen LogP contribution >= 0.6 is 0 Å². The summed E-state index contributed by atoms with van der Waals surface area (Å²) in [6, 6.07) is 0. The molecule has 0 saturated carbocycles. The Balaban J connectivity index is 2.57. The fourth-order valence-corrected chi connectivity index (χ4v) is 1.48. The van der Waals surface area contributed by atoms with Gasteiger partial charge in [-0.15, -0.1) is 0 Å². The Morgan fingerprint density at radius 1 is 1.77 bits per heavy atom. The highest BCUT2D eigenvalue weighted by Crippen LogP contribution is 2.13. The third kappa shape index (κ3) is 2.64. The van der Waals surface area contributed by atoms with E-state index in [1.54, 1.807) is 0 Å². The van der Waals surface area contributed by atoms with Crippen LogP contribution in [-0.2, 0) is 4.79 Å². The zero-order valence-electron chi connectivity index (χ0n) is 8.42. The van der Waals surface area contributed by atoms with Gasteiger partial charge in [0.25, 0.3) is 0 Å². The first-order chi connectivity index (χ1) is 6.15. The summed E-state index contributed by atoms with van der Waals surface area (Å²) in [5, 5.41) is 0. The molecule has 3 nitrogen and oxygen atoms in total. The molecule has 1 atom stereocenters. The van der Waals surface area contributed by atoms with Gasteiger partial charge in [-0.2, -0.15) is 0 Å². The van der Waals surface area contributed by atoms with Crippen molar-refractivity contribution in [3.05, 3.63) is 11.6 Å². The Hall–Kier alpha value is -0.670. The quantitative estimate of drug-likeness (QED) is 0.705. The molecule has 0 saturated heterocycles. The molecule has 0 spiro atoms. The molecule has 0 aromatic heterocycles. The number of carbonyl (C=O) groups is 1. The second kappa shape index (κ2) is 4.53. The number of ketones is 1. The number of hydrogen-bond acceptors (Lipinski definition) is 3. The van der Waals surface area contributed by atoms with Crippen molar-refractivity contribution in [3.63, 3.8) is 0 Å². The molecular formula is C10H18N2O. The lowest BCUT2D eigenvalue weighted by atomic mass is 10.0. The molecule has 74 valence electrons. The smallest absolute Gasteiger partial charge is 0.159 e. The second-order valence-corrected chi connectivity index (χ2v) is 3.62. The maximum absolute atomic E-state index is 11.5. The molecule has 2 N–H and O–H groups in total. The summed E-state index contributed by atoms with van der Waals surface area (Å²) in [5.41, 5.74) is 6.72. The van der Waals surface area contributed by atoms with Crippen LogP contribution in [0, 0.1) is 0 Å². The van der Waals surface area contributed by atoms with E-state index in [1.807, 2.05) is 24.9 Å². The van der Waals surface area contributed by atoms with Gasteiger partial charge in [0.15, 0.2) is 5.78 Å². The number of likely N-dealkylation sites (N-methyl/N-ethyl adjacent to an activating group) is 1. The SMILES string of the molecule is CCCC(=O)C1=CCC(N)N(C)C1. The maximum atomic E-state index is 11.5. The second-order valence-electron chi connectivity index (χ2n) is 3.62. The van der Waals surface area contributed by atoms with E-state index in [9.17, 15) is 4.79 Å². The lowest BCUT2D eigenvalue weighted by molar-refractivity contribution is -0.116. The highest BCUT2D eigenvalue weighted by molar-refractivity contribution is 5.95. The van der Waals surface area contributed by atoms with E-state index >= 15 is 0 Å². The molecule has 0 aromatic rings. The number of hydrogen-bond donors (Lipinski definition) is 1. The van der Waals surface area contributed by atoms with E-state index in [0.29, 0.717) is 13.0 Å². The van der Waals surface area contributed by atoms with E-state index in [-0.39, 0.29) is 11.9 Å². The molecular weight excluding hydrogens is 164 g/mol. The van der Waals surface area contributed by atoms with Crippen molar-refractivity contribution in [2.24, 2.45) is 5.73 Å². The largest absolute Gasteiger partial charge is 0.315 e. The standard InChI is InChI=1S/C10H18N2O/c1-3-4-9(13)8-5-6-10(11)12(2)7-8/h5,10H,3-4,6-7,11H2,1-2H3. The molecule has 1 unspecified atom stereocenters. The average molecular weight is 182 g/mol. The van der Waals surface area contributed by atoms with Gasteiger partial charge in [0.1, 0.15) is 0 Å². The minimum Gasteiger partial charge on any atom is -0.315 e. The molecule has 0 aromatic carbocycles. The minimum atomic E-state index is 0.0816. The van der Waals surface area contributed by atoms with Gasteiger partial charge < -0.3 is 5.73 Å². The van der Waals surface area contributed by atoms with Gasteiger partial charge >= 0.3 is 0 Å². The number of carbonyl (C=O) groups excluding carboxylic acids is 1. The number of nitrogens with two attached hydrogens (primary N) is 1. The van der Waals surface area contributed by atoms with Gasteiger partial charge in [0.2, 0.25) is 0 Å². The predicted molar refractivity (Wildman–Crippen MR) is 53.2 cm³/mol. The number of Topliss-reactive ketones (excluding diaryl/α,β-unsaturated/α-hetero) is 1. The summed E-state index contributed by atoms with van der Waals surface area (Å²) < 4.78 is 0. The molecule has 0 bridgehead atoms. The van der Waals surface area contributed by atoms with Crippen molar-refractivity contribution in [2.75, 3.05) is 13.6 Å². The lowest BCUT2D eigenvalue weighted by Crippen LogP contribution is -2.43. The Morgan fingerprint density at radius 2 is 2.46 bits per heavy atom. The van der Waals surface area contributed by atoms with Gasteiger partial charge in [-0.25, -0.2) is 0 Å². The molecule has 0 amide bonds. The predicted octanol–water partition coefficient (Wildman–Crippen LogP) is 0.902. The van der Waals surface area contributed by atoms with Crippen LogP contribution in [0.25, 0.3) is 0 Å². The van der Waals surface area contributed by atoms with Crippen LogP contribution in [0.2, 0.25) is 0 Å². The van der Waals surface area contributed by atoms with Crippen LogP contribution in [0.5, 0.6) is 0 Å². The summed E-state index contributed by atoms with van der Waals surface area (Å²) in [6.45, 7) is 2.73. The summed E-state index contributed by atoms with van der Waals surface area (Å²) in [4.78, 5) is 13.5. The van der Waals surface area contributed by atoms with Crippen LogP contribution in [0.3, 0.4) is 0 Å². The van der Waals surface area contributed by atoms with Crippen LogP contribution < -0.4 is 5.73 Å². The van der Waals surface area contributed by atoms with Crippen molar-refractivity contribution in [3.8, 4) is 0 Å². The molecule has 1 heterocycles. The molecule has 0 fully saturated rings. The zero-order valence-corrected chi connectivity index (χ0v) is 8.42. The molecule has 0 radical (unpaired) electrons. The summed E-state index contributed by atoms with van der Waals surface area (Å²) in [6.07, 6.45) is 4.45. The third-order valence-corrected chi connectivity index (χ3v) is 2.43. The Morgan fingerprint density at radius 3 is 3.00 bits per heavy atom. The lowest BCUT2D eigenvalue weighted by Gasteiger charge is -2.28. The van der Waals surface area contributed by atoms with E-state index < -0.39 is 0 Å². The van der Waals surface area contributed by atoms with Crippen molar-refractivity contribution in [2.45, 2.75) is 32.4 Å². The third-order valence-electron chi connectivity index (χ3n) is 2.43. The molecule has 13 heavy (non-hydrogen) atoms. The molecule has 3 heteroatoms. The minimum absolute atomic E-state index is 0.0816. The first-order valence-corrected chi connectivity index (χ1v) is 4.83. The first kappa shape index (κ1) is 10.4. The zero-order chi connectivity index (χ0) is 9.84. The normalized spacial score (nSPS) is 24.2. The highest BCUT2D eigenvalue weighted by atomic mass is 16.1. The number of nitrogens with zero attached hydrogens (tertiary/aromatic N) is 1. The van der Waals surface area contributed by atoms with E-state index in [2.05, 4.69) is 0 Å². The van der Waals surface area contributed by atoms with Gasteiger partial charge in [-0.05, 0) is 19.9 Å².